The van der Waals surface area contributed by atoms with Gasteiger partial charge in [0.05, 0.1) is 5.30 Å². The summed E-state index contributed by atoms with van der Waals surface area (Å²) in [6.07, 6.45) is 0. The van der Waals surface area contributed by atoms with Gasteiger partial charge in [0, 0.05) is 7.11 Å². The summed E-state index contributed by atoms with van der Waals surface area (Å²) >= 11 is 0. The third-order valence-corrected chi connectivity index (χ3v) is 3.27. The number of rotatable bonds is 2. The molecule has 0 heterocycles. The molecule has 4 heteroatoms. The Kier molecular flexibility index (Phi) is 2.68. The van der Waals surface area contributed by atoms with Crippen LogP contribution in [0.1, 0.15) is 5.56 Å². The van der Waals surface area contributed by atoms with Crippen molar-refractivity contribution in [2.45, 2.75) is 6.92 Å². The van der Waals surface area contributed by atoms with Crippen LogP contribution in [0.5, 0.6) is 0 Å². The van der Waals surface area contributed by atoms with Crippen molar-refractivity contribution in [3.8, 4) is 0 Å². The van der Waals surface area contributed by atoms with Gasteiger partial charge in [0.25, 0.3) is 0 Å². The summed E-state index contributed by atoms with van der Waals surface area (Å²) in [7, 11) is -2.33. The Morgan fingerprint density at radius 2 is 2.00 bits per heavy atom. The third kappa shape index (κ3) is 1.75. The second-order valence-corrected chi connectivity index (χ2v) is 4.38. The van der Waals surface area contributed by atoms with Crippen molar-refractivity contribution in [3.63, 3.8) is 0 Å². The lowest BCUT2D eigenvalue weighted by molar-refractivity contribution is 0.328. The molecule has 0 aliphatic heterocycles. The van der Waals surface area contributed by atoms with Crippen LogP contribution in [-0.2, 0) is 9.09 Å². The van der Waals surface area contributed by atoms with E-state index in [-0.39, 0.29) is 0 Å². The van der Waals surface area contributed by atoms with Crippen molar-refractivity contribution in [2.75, 3.05) is 7.11 Å². The summed E-state index contributed by atoms with van der Waals surface area (Å²) in [4.78, 5) is 9.31. The molecular weight excluding hydrogens is 175 g/mol. The highest BCUT2D eigenvalue weighted by Gasteiger charge is 2.21. The maximum Gasteiger partial charge on any atom is 0.358 e. The normalized spacial score (nSPS) is 15.6. The van der Waals surface area contributed by atoms with Crippen molar-refractivity contribution in [2.24, 2.45) is 0 Å². The van der Waals surface area contributed by atoms with Gasteiger partial charge < -0.3 is 9.42 Å². The van der Waals surface area contributed by atoms with Crippen molar-refractivity contribution < 1.29 is 14.0 Å². The topological polar surface area (TPSA) is 46.5 Å². The van der Waals surface area contributed by atoms with Crippen molar-refractivity contribution >= 4 is 12.9 Å². The Balaban J connectivity index is 3.20. The van der Waals surface area contributed by atoms with Gasteiger partial charge >= 0.3 is 7.60 Å². The van der Waals surface area contributed by atoms with E-state index in [1.165, 1.54) is 7.11 Å². The molecule has 0 bridgehead atoms. The lowest BCUT2D eigenvalue weighted by atomic mass is 10.2. The minimum Gasteiger partial charge on any atom is -0.321 e. The standard InChI is InChI=1S/C8H11O3P/c1-7-5-3-4-6-8(7)12(9,10)11-2/h3-6H,1-2H3,(H,9,10). The molecular formula is C8H11O3P. The van der Waals surface area contributed by atoms with Gasteiger partial charge in [-0.25, -0.2) is 0 Å². The minimum absolute atomic E-state index is 0.368. The average molecular weight is 186 g/mol. The van der Waals surface area contributed by atoms with Crippen LogP contribution >= 0.6 is 7.60 Å². The van der Waals surface area contributed by atoms with E-state index in [9.17, 15) is 9.46 Å². The predicted molar refractivity (Wildman–Crippen MR) is 47.6 cm³/mol. The fourth-order valence-electron chi connectivity index (χ4n) is 0.979. The van der Waals surface area contributed by atoms with E-state index < -0.39 is 7.60 Å². The molecule has 66 valence electrons. The maximum absolute atomic E-state index is 11.3. The first-order chi connectivity index (χ1) is 5.58. The van der Waals surface area contributed by atoms with Crippen molar-refractivity contribution in [3.05, 3.63) is 29.8 Å². The molecule has 0 aliphatic rings. The van der Waals surface area contributed by atoms with Gasteiger partial charge in [0.15, 0.2) is 0 Å². The Morgan fingerprint density at radius 3 is 2.50 bits per heavy atom. The van der Waals surface area contributed by atoms with Crippen LogP contribution in [0.25, 0.3) is 0 Å². The summed E-state index contributed by atoms with van der Waals surface area (Å²) in [6.45, 7) is 1.78. The largest absolute Gasteiger partial charge is 0.358 e. The van der Waals surface area contributed by atoms with E-state index in [0.717, 1.165) is 5.56 Å². The predicted octanol–water partition coefficient (Wildman–Crippen LogP) is 1.45. The number of hydrogen-bond acceptors (Lipinski definition) is 2. The van der Waals surface area contributed by atoms with E-state index in [1.807, 2.05) is 6.07 Å². The number of hydrogen-bond donors (Lipinski definition) is 1. The Morgan fingerprint density at radius 1 is 1.42 bits per heavy atom. The summed E-state index contributed by atoms with van der Waals surface area (Å²) in [6, 6.07) is 6.90. The van der Waals surface area contributed by atoms with Gasteiger partial charge in [0.1, 0.15) is 0 Å². The van der Waals surface area contributed by atoms with Crippen LogP contribution < -0.4 is 5.30 Å². The van der Waals surface area contributed by atoms with Crippen LogP contribution in [0.4, 0.5) is 0 Å². The third-order valence-electron chi connectivity index (χ3n) is 1.67. The van der Waals surface area contributed by atoms with Crippen LogP contribution in [-0.4, -0.2) is 12.0 Å². The lowest BCUT2D eigenvalue weighted by Gasteiger charge is -2.10. The van der Waals surface area contributed by atoms with E-state index in [1.54, 1.807) is 25.1 Å². The van der Waals surface area contributed by atoms with Crippen LogP contribution in [0.2, 0.25) is 0 Å². The molecule has 0 spiro atoms. The fraction of sp³-hybridized carbons (Fsp3) is 0.250. The highest BCUT2D eigenvalue weighted by atomic mass is 31.2. The van der Waals surface area contributed by atoms with Gasteiger partial charge in [-0.3, -0.25) is 4.57 Å². The molecule has 1 unspecified atom stereocenters. The first kappa shape index (κ1) is 9.46. The molecule has 0 saturated carbocycles. The molecule has 0 saturated heterocycles. The van der Waals surface area contributed by atoms with E-state index in [4.69, 9.17) is 0 Å². The SMILES string of the molecule is COP(=O)(O)c1ccccc1C. The first-order valence-electron chi connectivity index (χ1n) is 3.52. The second kappa shape index (κ2) is 3.40. The molecule has 3 nitrogen and oxygen atoms in total. The van der Waals surface area contributed by atoms with Crippen LogP contribution in [0, 0.1) is 6.92 Å². The van der Waals surface area contributed by atoms with Gasteiger partial charge in [0.2, 0.25) is 0 Å². The fourth-order valence-corrected chi connectivity index (χ4v) is 1.97. The molecule has 0 aliphatic carbocycles. The first-order valence-corrected chi connectivity index (χ1v) is 5.10. The van der Waals surface area contributed by atoms with Gasteiger partial charge in [-0.15, -0.1) is 0 Å². The lowest BCUT2D eigenvalue weighted by Crippen LogP contribution is -2.08. The van der Waals surface area contributed by atoms with Gasteiger partial charge in [-0.05, 0) is 18.6 Å². The molecule has 1 N–H and O–H groups in total. The monoisotopic (exact) mass is 186 g/mol. The van der Waals surface area contributed by atoms with Crippen LogP contribution in [0.3, 0.4) is 0 Å². The average Bonchev–Trinajstić information content (AvgIpc) is 2.05. The molecule has 0 radical (unpaired) electrons. The van der Waals surface area contributed by atoms with E-state index >= 15 is 0 Å². The van der Waals surface area contributed by atoms with Crippen molar-refractivity contribution in [1.29, 1.82) is 0 Å². The number of benzene rings is 1. The Bertz CT molecular complexity index is 322. The summed E-state index contributed by atoms with van der Waals surface area (Å²) < 4.78 is 15.9. The summed E-state index contributed by atoms with van der Waals surface area (Å²) in [5, 5.41) is 0.368. The molecule has 1 aromatic carbocycles. The Labute approximate surface area is 71.5 Å². The molecule has 1 aromatic rings. The smallest absolute Gasteiger partial charge is 0.321 e. The minimum atomic E-state index is -3.56. The van der Waals surface area contributed by atoms with Gasteiger partial charge in [-0.1, -0.05) is 18.2 Å². The zero-order valence-corrected chi connectivity index (χ0v) is 7.91. The van der Waals surface area contributed by atoms with Gasteiger partial charge in [-0.2, -0.15) is 0 Å². The quantitative estimate of drug-likeness (QED) is 0.711. The van der Waals surface area contributed by atoms with Crippen LogP contribution in [0.15, 0.2) is 24.3 Å². The zero-order chi connectivity index (χ0) is 9.19. The summed E-state index contributed by atoms with van der Waals surface area (Å²) in [5.41, 5.74) is 0.769. The highest BCUT2D eigenvalue weighted by molar-refractivity contribution is 7.61. The molecule has 12 heavy (non-hydrogen) atoms. The second-order valence-electron chi connectivity index (χ2n) is 2.49. The van der Waals surface area contributed by atoms with Crippen molar-refractivity contribution in [1.82, 2.24) is 0 Å². The molecule has 1 rings (SSSR count). The van der Waals surface area contributed by atoms with E-state index in [0.29, 0.717) is 5.30 Å². The zero-order valence-electron chi connectivity index (χ0n) is 7.02. The van der Waals surface area contributed by atoms with E-state index in [2.05, 4.69) is 4.52 Å². The molecule has 0 amide bonds. The number of aryl methyl sites for hydroxylation is 1. The molecule has 1 atom stereocenters. The maximum atomic E-state index is 11.3. The molecule has 0 fully saturated rings. The summed E-state index contributed by atoms with van der Waals surface area (Å²) in [5.74, 6) is 0. The Hall–Kier alpha value is -0.630. The highest BCUT2D eigenvalue weighted by Crippen LogP contribution is 2.40. The molecule has 0 aromatic heterocycles.